The molecule has 1 aliphatic rings. The Labute approximate surface area is 118 Å². The highest BCUT2D eigenvalue weighted by Gasteiger charge is 2.20. The Morgan fingerprint density at radius 3 is 1.65 bits per heavy atom. The van der Waals surface area contributed by atoms with Crippen LogP contribution in [0.25, 0.3) is 0 Å². The fourth-order valence-electron chi connectivity index (χ4n) is 0.993. The summed E-state index contributed by atoms with van der Waals surface area (Å²) in [6.45, 7) is 2.06. The van der Waals surface area contributed by atoms with Gasteiger partial charge >= 0.3 is 0 Å². The van der Waals surface area contributed by atoms with Gasteiger partial charge < -0.3 is 5.32 Å². The highest BCUT2D eigenvalue weighted by Crippen LogP contribution is 2.13. The van der Waals surface area contributed by atoms with E-state index in [2.05, 4.69) is 15.3 Å². The minimum atomic E-state index is -3.67. The molecule has 0 saturated carbocycles. The van der Waals surface area contributed by atoms with E-state index in [0.717, 1.165) is 18.9 Å². The fourth-order valence-corrected chi connectivity index (χ4v) is 0.993. The van der Waals surface area contributed by atoms with E-state index in [0.29, 0.717) is 18.4 Å². The minimum Gasteiger partial charge on any atom is -0.315 e. The standard InChI is InChI=1S/C7H9N3.2CH4O3S/c1-2-9-7(10-3-1)6-4-8-5-6;2*1-5(2,3)4/h1-3,6,8H,4-5H2;2*1H3,(H,2,3,4). The highest BCUT2D eigenvalue weighted by molar-refractivity contribution is 7.85. The average molecular weight is 327 g/mol. The van der Waals surface area contributed by atoms with Crippen LogP contribution in [0.2, 0.25) is 0 Å². The lowest BCUT2D eigenvalue weighted by Gasteiger charge is -2.24. The number of rotatable bonds is 1. The van der Waals surface area contributed by atoms with Crippen molar-refractivity contribution in [2.75, 3.05) is 25.6 Å². The zero-order chi connectivity index (χ0) is 15.8. The highest BCUT2D eigenvalue weighted by atomic mass is 32.2. The predicted octanol–water partition coefficient (Wildman–Crippen LogP) is -0.829. The van der Waals surface area contributed by atoms with Gasteiger partial charge in [-0.1, -0.05) is 0 Å². The van der Waals surface area contributed by atoms with Crippen LogP contribution in [-0.4, -0.2) is 61.5 Å². The molecule has 0 bridgehead atoms. The van der Waals surface area contributed by atoms with Gasteiger partial charge in [-0.15, -0.1) is 0 Å². The monoisotopic (exact) mass is 327 g/mol. The van der Waals surface area contributed by atoms with Gasteiger partial charge in [0.05, 0.1) is 12.5 Å². The molecular weight excluding hydrogens is 310 g/mol. The van der Waals surface area contributed by atoms with Gasteiger partial charge in [-0.2, -0.15) is 16.8 Å². The summed E-state index contributed by atoms with van der Waals surface area (Å²) in [5.41, 5.74) is 0. The molecule has 2 rings (SSSR count). The molecule has 0 spiro atoms. The number of nitrogens with one attached hydrogen (secondary N) is 1. The third kappa shape index (κ3) is 14.9. The summed E-state index contributed by atoms with van der Waals surface area (Å²) in [4.78, 5) is 8.30. The van der Waals surface area contributed by atoms with Crippen molar-refractivity contribution in [3.63, 3.8) is 0 Å². The first kappa shape index (κ1) is 18.9. The third-order valence-electron chi connectivity index (χ3n) is 1.73. The molecule has 1 aromatic heterocycles. The molecular formula is C9H17N3O6S2. The van der Waals surface area contributed by atoms with Gasteiger partial charge in [-0.25, -0.2) is 9.97 Å². The van der Waals surface area contributed by atoms with Gasteiger partial charge in [0.1, 0.15) is 5.82 Å². The van der Waals surface area contributed by atoms with Crippen LogP contribution in [0.5, 0.6) is 0 Å². The van der Waals surface area contributed by atoms with Crippen molar-refractivity contribution in [1.29, 1.82) is 0 Å². The van der Waals surface area contributed by atoms with Crippen LogP contribution >= 0.6 is 0 Å². The lowest BCUT2D eigenvalue weighted by Crippen LogP contribution is -2.40. The van der Waals surface area contributed by atoms with Crippen LogP contribution in [0.4, 0.5) is 0 Å². The van der Waals surface area contributed by atoms with Gasteiger partial charge in [0, 0.05) is 31.4 Å². The van der Waals surface area contributed by atoms with Crippen molar-refractivity contribution in [3.05, 3.63) is 24.3 Å². The summed E-state index contributed by atoms with van der Waals surface area (Å²) >= 11 is 0. The van der Waals surface area contributed by atoms with E-state index in [1.807, 2.05) is 6.07 Å². The minimum absolute atomic E-state index is 0.557. The molecule has 0 amide bonds. The van der Waals surface area contributed by atoms with Gasteiger partial charge in [0.2, 0.25) is 0 Å². The second-order valence-electron chi connectivity index (χ2n) is 3.93. The molecule has 2 heterocycles. The summed E-state index contributed by atoms with van der Waals surface area (Å²) < 4.78 is 51.7. The Balaban J connectivity index is 0.000000310. The Morgan fingerprint density at radius 2 is 1.40 bits per heavy atom. The predicted molar refractivity (Wildman–Crippen MR) is 72.6 cm³/mol. The number of nitrogens with zero attached hydrogens (tertiary/aromatic N) is 2. The molecule has 1 saturated heterocycles. The summed E-state index contributed by atoms with van der Waals surface area (Å²) in [5.74, 6) is 1.53. The average Bonchev–Trinajstić information content (AvgIpc) is 2.10. The van der Waals surface area contributed by atoms with E-state index in [9.17, 15) is 16.8 Å². The Kier molecular flexibility index (Phi) is 7.75. The molecule has 1 aromatic rings. The molecule has 11 heteroatoms. The Hall–Kier alpha value is -1.14. The maximum absolute atomic E-state index is 9.19. The van der Waals surface area contributed by atoms with Crippen molar-refractivity contribution in [2.45, 2.75) is 5.92 Å². The largest absolute Gasteiger partial charge is 0.315 e. The lowest BCUT2D eigenvalue weighted by atomic mass is 10.0. The maximum Gasteiger partial charge on any atom is 0.261 e. The second kappa shape index (κ2) is 8.21. The molecule has 0 unspecified atom stereocenters. The van der Waals surface area contributed by atoms with Gasteiger partial charge in [0.25, 0.3) is 20.2 Å². The second-order valence-corrected chi connectivity index (χ2v) is 6.86. The van der Waals surface area contributed by atoms with Gasteiger partial charge in [0.15, 0.2) is 0 Å². The molecule has 116 valence electrons. The third-order valence-corrected chi connectivity index (χ3v) is 1.73. The summed E-state index contributed by atoms with van der Waals surface area (Å²) in [7, 11) is -7.33. The summed E-state index contributed by atoms with van der Waals surface area (Å²) in [6.07, 6.45) is 5.02. The zero-order valence-electron chi connectivity index (χ0n) is 11.0. The molecule has 0 aliphatic carbocycles. The molecule has 20 heavy (non-hydrogen) atoms. The maximum atomic E-state index is 9.19. The quantitative estimate of drug-likeness (QED) is 0.562. The van der Waals surface area contributed by atoms with E-state index >= 15 is 0 Å². The van der Waals surface area contributed by atoms with Crippen molar-refractivity contribution < 1.29 is 25.9 Å². The Bertz CT molecular complexity index is 537. The summed E-state index contributed by atoms with van der Waals surface area (Å²) in [6, 6.07) is 1.84. The molecule has 0 atom stereocenters. The van der Waals surface area contributed by atoms with Crippen molar-refractivity contribution in [3.8, 4) is 0 Å². The number of hydrogen-bond donors (Lipinski definition) is 3. The molecule has 0 radical (unpaired) electrons. The smallest absolute Gasteiger partial charge is 0.261 e. The first-order valence-electron chi connectivity index (χ1n) is 5.29. The molecule has 1 fully saturated rings. The van der Waals surface area contributed by atoms with Crippen LogP contribution in [0.15, 0.2) is 18.5 Å². The Morgan fingerprint density at radius 1 is 1.05 bits per heavy atom. The first-order valence-corrected chi connectivity index (χ1v) is 8.99. The molecule has 9 nitrogen and oxygen atoms in total. The normalized spacial score (nSPS) is 15.0. The van der Waals surface area contributed by atoms with Crippen LogP contribution in [0.1, 0.15) is 11.7 Å². The summed E-state index contributed by atoms with van der Waals surface area (Å²) in [5, 5.41) is 3.18. The van der Waals surface area contributed by atoms with E-state index in [-0.39, 0.29) is 0 Å². The van der Waals surface area contributed by atoms with Crippen LogP contribution < -0.4 is 5.32 Å². The van der Waals surface area contributed by atoms with E-state index in [4.69, 9.17) is 9.11 Å². The lowest BCUT2D eigenvalue weighted by molar-refractivity contribution is 0.430. The van der Waals surface area contributed by atoms with Crippen LogP contribution in [0, 0.1) is 0 Å². The topological polar surface area (TPSA) is 147 Å². The van der Waals surface area contributed by atoms with Crippen LogP contribution in [0.3, 0.4) is 0 Å². The number of hydrogen-bond acceptors (Lipinski definition) is 7. The van der Waals surface area contributed by atoms with E-state index < -0.39 is 20.2 Å². The van der Waals surface area contributed by atoms with Gasteiger partial charge in [-0.05, 0) is 6.07 Å². The zero-order valence-corrected chi connectivity index (χ0v) is 12.6. The van der Waals surface area contributed by atoms with Crippen molar-refractivity contribution in [2.24, 2.45) is 0 Å². The van der Waals surface area contributed by atoms with Crippen molar-refractivity contribution in [1.82, 2.24) is 15.3 Å². The molecule has 0 aromatic carbocycles. The number of aromatic nitrogens is 2. The van der Waals surface area contributed by atoms with Gasteiger partial charge in [-0.3, -0.25) is 9.11 Å². The fraction of sp³-hybridized carbons (Fsp3) is 0.556. The SMILES string of the molecule is CS(=O)(=O)O.CS(=O)(=O)O.c1cnc(C2CNC2)nc1. The molecule has 3 N–H and O–H groups in total. The molecule has 1 aliphatic heterocycles. The van der Waals surface area contributed by atoms with Crippen LogP contribution in [-0.2, 0) is 20.2 Å². The first-order chi connectivity index (χ1) is 8.97. The van der Waals surface area contributed by atoms with E-state index in [1.165, 1.54) is 0 Å². The van der Waals surface area contributed by atoms with E-state index in [1.54, 1.807) is 12.4 Å². The van der Waals surface area contributed by atoms with Crippen molar-refractivity contribution >= 4 is 20.2 Å².